The molecule has 0 saturated carbocycles. The predicted molar refractivity (Wildman–Crippen MR) is 81.1 cm³/mol. The quantitative estimate of drug-likeness (QED) is 0.922. The van der Waals surface area contributed by atoms with Gasteiger partial charge in [0.2, 0.25) is 0 Å². The minimum Gasteiger partial charge on any atom is -0.353 e. The molecular weight excluding hydrogens is 277 g/mol. The number of nitrogens with two attached hydrogens (primary N) is 1. The van der Waals surface area contributed by atoms with Crippen molar-refractivity contribution >= 4 is 28.3 Å². The van der Waals surface area contributed by atoms with Crippen molar-refractivity contribution in [3.05, 3.63) is 34.9 Å². The van der Waals surface area contributed by atoms with Gasteiger partial charge in [-0.2, -0.15) is 0 Å². The third-order valence-electron chi connectivity index (χ3n) is 3.73. The van der Waals surface area contributed by atoms with E-state index >= 15 is 0 Å². The highest BCUT2D eigenvalue weighted by Crippen LogP contribution is 2.32. The van der Waals surface area contributed by atoms with Crippen molar-refractivity contribution < 1.29 is 4.39 Å². The van der Waals surface area contributed by atoms with E-state index in [-0.39, 0.29) is 6.04 Å². The Balaban J connectivity index is 2.17. The summed E-state index contributed by atoms with van der Waals surface area (Å²) < 4.78 is 13.5. The number of hydrogen-bond acceptors (Lipinski definition) is 3. The molecule has 1 aromatic carbocycles. The second-order valence-electron chi connectivity index (χ2n) is 5.33. The Morgan fingerprint density at radius 2 is 2.30 bits per heavy atom. The number of fused-ring (bicyclic) bond motifs is 1. The van der Waals surface area contributed by atoms with Crippen LogP contribution in [0.15, 0.2) is 24.3 Å². The topological polar surface area (TPSA) is 42.1 Å². The van der Waals surface area contributed by atoms with Crippen molar-refractivity contribution in [1.29, 1.82) is 0 Å². The van der Waals surface area contributed by atoms with Gasteiger partial charge in [0.1, 0.15) is 12.0 Å². The first kappa shape index (κ1) is 13.6. The summed E-state index contributed by atoms with van der Waals surface area (Å²) in [5.41, 5.74) is 7.74. The van der Waals surface area contributed by atoms with Crippen molar-refractivity contribution in [1.82, 2.24) is 4.98 Å². The van der Waals surface area contributed by atoms with Crippen molar-refractivity contribution in [2.75, 3.05) is 18.0 Å². The molecule has 3 rings (SSSR count). The average Bonchev–Trinajstić information content (AvgIpc) is 2.84. The van der Waals surface area contributed by atoms with E-state index in [4.69, 9.17) is 17.3 Å². The molecule has 3 nitrogen and oxygen atoms in total. The van der Waals surface area contributed by atoms with Crippen LogP contribution < -0.4 is 10.6 Å². The second-order valence-corrected chi connectivity index (χ2v) is 5.74. The summed E-state index contributed by atoms with van der Waals surface area (Å²) in [5.74, 6) is 0.765. The second kappa shape index (κ2) is 5.19. The highest BCUT2D eigenvalue weighted by atomic mass is 35.5. The molecule has 1 aliphatic heterocycles. The number of alkyl halides is 1. The molecule has 1 aromatic heterocycles. The van der Waals surface area contributed by atoms with Crippen LogP contribution in [0, 0.1) is 0 Å². The summed E-state index contributed by atoms with van der Waals surface area (Å²) in [5, 5.41) is 1.57. The van der Waals surface area contributed by atoms with Gasteiger partial charge in [0.15, 0.2) is 0 Å². The zero-order valence-corrected chi connectivity index (χ0v) is 12.1. The fraction of sp³-hybridized carbons (Fsp3) is 0.400. The third kappa shape index (κ3) is 2.34. The average molecular weight is 294 g/mol. The summed E-state index contributed by atoms with van der Waals surface area (Å²) in [4.78, 5) is 6.62. The fourth-order valence-electron chi connectivity index (χ4n) is 2.67. The molecule has 0 aliphatic carbocycles. The van der Waals surface area contributed by atoms with Gasteiger partial charge in [0.25, 0.3) is 0 Å². The van der Waals surface area contributed by atoms with Gasteiger partial charge in [-0.05, 0) is 25.5 Å². The molecular formula is C15H17ClFN3. The Morgan fingerprint density at radius 1 is 1.50 bits per heavy atom. The number of nitrogens with zero attached hydrogens (tertiary/aromatic N) is 2. The van der Waals surface area contributed by atoms with Gasteiger partial charge in [-0.25, -0.2) is 9.37 Å². The molecule has 1 saturated heterocycles. The maximum Gasteiger partial charge on any atom is 0.134 e. The zero-order valence-electron chi connectivity index (χ0n) is 11.3. The molecule has 2 atom stereocenters. The van der Waals surface area contributed by atoms with Crippen LogP contribution in [-0.2, 0) is 0 Å². The Bertz CT molecular complexity index is 644. The smallest absolute Gasteiger partial charge is 0.134 e. The molecule has 0 spiro atoms. The minimum absolute atomic E-state index is 0.153. The van der Waals surface area contributed by atoms with E-state index in [9.17, 15) is 4.39 Å². The zero-order chi connectivity index (χ0) is 14.3. The van der Waals surface area contributed by atoms with Crippen LogP contribution in [0.4, 0.5) is 10.2 Å². The van der Waals surface area contributed by atoms with Crippen molar-refractivity contribution in [2.45, 2.75) is 25.6 Å². The van der Waals surface area contributed by atoms with Gasteiger partial charge < -0.3 is 10.6 Å². The summed E-state index contributed by atoms with van der Waals surface area (Å²) in [7, 11) is 0. The highest BCUT2D eigenvalue weighted by molar-refractivity contribution is 6.35. The van der Waals surface area contributed by atoms with Gasteiger partial charge in [-0.1, -0.05) is 23.7 Å². The molecule has 5 heteroatoms. The van der Waals surface area contributed by atoms with E-state index in [1.807, 2.05) is 36.1 Å². The lowest BCUT2D eigenvalue weighted by atomic mass is 10.1. The van der Waals surface area contributed by atoms with Crippen molar-refractivity contribution in [3.8, 4) is 0 Å². The van der Waals surface area contributed by atoms with E-state index in [1.165, 1.54) is 0 Å². The van der Waals surface area contributed by atoms with Crippen molar-refractivity contribution in [2.24, 2.45) is 5.73 Å². The Hall–Kier alpha value is -1.39. The van der Waals surface area contributed by atoms with Gasteiger partial charge >= 0.3 is 0 Å². The van der Waals surface area contributed by atoms with Crippen LogP contribution in [0.25, 0.3) is 10.9 Å². The van der Waals surface area contributed by atoms with Crippen LogP contribution in [0.3, 0.4) is 0 Å². The van der Waals surface area contributed by atoms with E-state index < -0.39 is 6.17 Å². The van der Waals surface area contributed by atoms with E-state index in [0.29, 0.717) is 24.5 Å². The Labute approximate surface area is 122 Å². The summed E-state index contributed by atoms with van der Waals surface area (Å²) >= 11 is 6.21. The Kier molecular flexibility index (Phi) is 3.52. The maximum absolute atomic E-state index is 13.5. The standard InChI is InChI=1S/C15H17ClFN3/c1-9(18)12-7-10-3-2-4-13(16)14(10)19-15(12)20-6-5-11(17)8-20/h2-4,7,9,11H,5-6,8,18H2,1H3/t9-,11-/m0/s1. The maximum atomic E-state index is 13.5. The number of aromatic nitrogens is 1. The van der Waals surface area contributed by atoms with Gasteiger partial charge in [0, 0.05) is 23.5 Å². The number of pyridine rings is 1. The minimum atomic E-state index is -0.792. The highest BCUT2D eigenvalue weighted by Gasteiger charge is 2.26. The number of halogens is 2. The molecule has 0 bridgehead atoms. The molecule has 20 heavy (non-hydrogen) atoms. The molecule has 2 aromatic rings. The molecule has 106 valence electrons. The molecule has 0 amide bonds. The summed E-state index contributed by atoms with van der Waals surface area (Å²) in [6, 6.07) is 7.53. The lowest BCUT2D eigenvalue weighted by Crippen LogP contribution is -2.24. The van der Waals surface area contributed by atoms with Crippen LogP contribution in [-0.4, -0.2) is 24.2 Å². The normalized spacial score (nSPS) is 20.6. The molecule has 2 N–H and O–H groups in total. The molecule has 1 fully saturated rings. The third-order valence-corrected chi connectivity index (χ3v) is 4.03. The lowest BCUT2D eigenvalue weighted by molar-refractivity contribution is 0.364. The largest absolute Gasteiger partial charge is 0.353 e. The molecule has 0 radical (unpaired) electrons. The SMILES string of the molecule is C[C@H](N)c1cc2cccc(Cl)c2nc1N1CC[C@H](F)C1. The van der Waals surface area contributed by atoms with Crippen LogP contribution >= 0.6 is 11.6 Å². The fourth-order valence-corrected chi connectivity index (χ4v) is 2.89. The van der Waals surface area contributed by atoms with Crippen molar-refractivity contribution in [3.63, 3.8) is 0 Å². The Morgan fingerprint density at radius 3 is 2.95 bits per heavy atom. The first-order valence-electron chi connectivity index (χ1n) is 6.80. The summed E-state index contributed by atoms with van der Waals surface area (Å²) in [6.07, 6.45) is -0.250. The lowest BCUT2D eigenvalue weighted by Gasteiger charge is -2.22. The number of anilines is 1. The number of para-hydroxylation sites is 1. The van der Waals surface area contributed by atoms with Gasteiger partial charge in [-0.3, -0.25) is 0 Å². The van der Waals surface area contributed by atoms with Crippen LogP contribution in [0.2, 0.25) is 5.02 Å². The van der Waals surface area contributed by atoms with Gasteiger partial charge in [-0.15, -0.1) is 0 Å². The molecule has 0 unspecified atom stereocenters. The number of rotatable bonds is 2. The monoisotopic (exact) mass is 293 g/mol. The summed E-state index contributed by atoms with van der Waals surface area (Å²) in [6.45, 7) is 2.96. The van der Waals surface area contributed by atoms with Gasteiger partial charge in [0.05, 0.1) is 17.1 Å². The predicted octanol–water partition coefficient (Wildman–Crippen LogP) is 3.46. The van der Waals surface area contributed by atoms with E-state index in [0.717, 1.165) is 22.3 Å². The van der Waals surface area contributed by atoms with E-state index in [2.05, 4.69) is 4.98 Å². The van der Waals surface area contributed by atoms with Crippen LogP contribution in [0.5, 0.6) is 0 Å². The van der Waals surface area contributed by atoms with E-state index in [1.54, 1.807) is 0 Å². The number of hydrogen-bond donors (Lipinski definition) is 1. The first-order valence-corrected chi connectivity index (χ1v) is 7.18. The van der Waals surface area contributed by atoms with Crippen LogP contribution in [0.1, 0.15) is 24.9 Å². The molecule has 1 aliphatic rings. The number of benzene rings is 1. The molecule has 2 heterocycles. The first-order chi connectivity index (χ1) is 9.56.